The van der Waals surface area contributed by atoms with Crippen molar-refractivity contribution in [1.29, 1.82) is 0 Å². The maximum absolute atomic E-state index is 2.35. The Morgan fingerprint density at radius 1 is 0.750 bits per heavy atom. The van der Waals surface area contributed by atoms with E-state index in [1.807, 2.05) is 22.7 Å². The molecule has 0 aliphatic heterocycles. The van der Waals surface area contributed by atoms with Crippen molar-refractivity contribution in [2.45, 2.75) is 52.4 Å². The van der Waals surface area contributed by atoms with Crippen molar-refractivity contribution in [1.82, 2.24) is 0 Å². The topological polar surface area (TPSA) is 0 Å². The summed E-state index contributed by atoms with van der Waals surface area (Å²) >= 11 is 3.87. The van der Waals surface area contributed by atoms with Gasteiger partial charge in [-0.25, -0.2) is 0 Å². The quantitative estimate of drug-likeness (QED) is 0.469. The molecule has 2 heteroatoms. The molecule has 0 radical (unpaired) electrons. The zero-order valence-corrected chi connectivity index (χ0v) is 14.0. The van der Waals surface area contributed by atoms with E-state index in [4.69, 9.17) is 0 Å². The summed E-state index contributed by atoms with van der Waals surface area (Å²) in [6.45, 7) is 4.57. The number of aryl methyl sites for hydroxylation is 2. The van der Waals surface area contributed by atoms with Crippen LogP contribution in [0, 0.1) is 0 Å². The van der Waals surface area contributed by atoms with Crippen LogP contribution in [-0.2, 0) is 12.8 Å². The molecule has 0 amide bonds. The fourth-order valence-electron chi connectivity index (χ4n) is 3.01. The predicted octanol–water partition coefficient (Wildman–Crippen LogP) is 6.80. The third-order valence-corrected chi connectivity index (χ3v) is 6.04. The van der Waals surface area contributed by atoms with Crippen LogP contribution in [0.4, 0.5) is 0 Å². The zero-order valence-electron chi connectivity index (χ0n) is 12.4. The fraction of sp³-hybridized carbons (Fsp3) is 0.444. The molecule has 3 rings (SSSR count). The van der Waals surface area contributed by atoms with Gasteiger partial charge in [-0.15, -0.1) is 22.7 Å². The largest absolute Gasteiger partial charge is 0.143 e. The van der Waals surface area contributed by atoms with E-state index >= 15 is 0 Å². The van der Waals surface area contributed by atoms with Gasteiger partial charge in [0, 0.05) is 9.40 Å². The monoisotopic (exact) mass is 302 g/mol. The van der Waals surface area contributed by atoms with Gasteiger partial charge in [0.15, 0.2) is 0 Å². The Balaban J connectivity index is 2.22. The van der Waals surface area contributed by atoms with Crippen LogP contribution in [0.25, 0.3) is 20.2 Å². The van der Waals surface area contributed by atoms with E-state index in [0.717, 1.165) is 0 Å². The van der Waals surface area contributed by atoms with Crippen molar-refractivity contribution in [2.24, 2.45) is 0 Å². The van der Waals surface area contributed by atoms with Crippen LogP contribution in [0.3, 0.4) is 0 Å². The van der Waals surface area contributed by atoms with Gasteiger partial charge in [0.05, 0.1) is 0 Å². The third kappa shape index (κ3) is 2.40. The smallest absolute Gasteiger partial charge is 0.0384 e. The molecular weight excluding hydrogens is 280 g/mol. The second-order valence-electron chi connectivity index (χ2n) is 5.49. The lowest BCUT2D eigenvalue weighted by Crippen LogP contribution is -1.92. The Hall–Kier alpha value is -0.860. The minimum Gasteiger partial charge on any atom is -0.143 e. The first kappa shape index (κ1) is 14.1. The molecule has 0 unspecified atom stereocenters. The summed E-state index contributed by atoms with van der Waals surface area (Å²) in [5.74, 6) is 0. The Kier molecular flexibility index (Phi) is 4.42. The van der Waals surface area contributed by atoms with Crippen LogP contribution >= 0.6 is 22.7 Å². The number of thiophene rings is 2. The molecule has 2 heterocycles. The number of hydrogen-bond donors (Lipinski definition) is 0. The van der Waals surface area contributed by atoms with Crippen LogP contribution in [0.2, 0.25) is 0 Å². The van der Waals surface area contributed by atoms with Crippen LogP contribution in [0.15, 0.2) is 22.9 Å². The van der Waals surface area contributed by atoms with Gasteiger partial charge in [-0.1, -0.05) is 26.7 Å². The van der Waals surface area contributed by atoms with E-state index in [-0.39, 0.29) is 0 Å². The zero-order chi connectivity index (χ0) is 13.9. The number of fused-ring (bicyclic) bond motifs is 2. The average molecular weight is 303 g/mol. The van der Waals surface area contributed by atoms with Crippen molar-refractivity contribution >= 4 is 42.8 Å². The molecule has 0 N–H and O–H groups in total. The van der Waals surface area contributed by atoms with Gasteiger partial charge in [0.25, 0.3) is 0 Å². The van der Waals surface area contributed by atoms with Gasteiger partial charge in [-0.3, -0.25) is 0 Å². The number of rotatable bonds is 6. The molecular formula is C18H22S2. The van der Waals surface area contributed by atoms with Crippen molar-refractivity contribution in [3.63, 3.8) is 0 Å². The van der Waals surface area contributed by atoms with Crippen molar-refractivity contribution in [3.8, 4) is 0 Å². The number of unbranched alkanes of at least 4 members (excludes halogenated alkanes) is 2. The molecule has 3 aromatic rings. The molecule has 2 aromatic heterocycles. The standard InChI is InChI=1S/C18H22S2/c1-3-5-7-13-15-9-11-20-18(15)14(8-6-4-2)16-10-12-19-17(13)16/h9-12H,3-8H2,1-2H3. The van der Waals surface area contributed by atoms with Crippen LogP contribution < -0.4 is 0 Å². The Labute approximate surface area is 129 Å². The summed E-state index contributed by atoms with van der Waals surface area (Å²) in [6.07, 6.45) is 7.61. The van der Waals surface area contributed by atoms with Gasteiger partial charge in [-0.2, -0.15) is 0 Å². The van der Waals surface area contributed by atoms with Crippen molar-refractivity contribution < 1.29 is 0 Å². The summed E-state index contributed by atoms with van der Waals surface area (Å²) in [7, 11) is 0. The lowest BCUT2D eigenvalue weighted by atomic mass is 9.96. The molecule has 0 atom stereocenters. The molecule has 106 valence electrons. The van der Waals surface area contributed by atoms with Gasteiger partial charge in [-0.05, 0) is 70.5 Å². The summed E-state index contributed by atoms with van der Waals surface area (Å²) < 4.78 is 3.10. The first-order chi connectivity index (χ1) is 9.86. The minimum absolute atomic E-state index is 1.23. The van der Waals surface area contributed by atoms with E-state index in [2.05, 4.69) is 36.7 Å². The second kappa shape index (κ2) is 6.28. The lowest BCUT2D eigenvalue weighted by Gasteiger charge is -2.11. The molecule has 0 aliphatic carbocycles. The predicted molar refractivity (Wildman–Crippen MR) is 94.4 cm³/mol. The van der Waals surface area contributed by atoms with E-state index in [1.165, 1.54) is 49.3 Å². The maximum atomic E-state index is 2.35. The van der Waals surface area contributed by atoms with E-state index in [0.29, 0.717) is 0 Å². The third-order valence-electron chi connectivity index (χ3n) is 4.09. The number of benzene rings is 1. The normalized spacial score (nSPS) is 11.7. The SMILES string of the molecule is CCCCc1c2ccsc2c(CCCC)c2ccsc12. The Morgan fingerprint density at radius 3 is 1.60 bits per heavy atom. The Morgan fingerprint density at radius 2 is 1.20 bits per heavy atom. The molecule has 0 fully saturated rings. The fourth-order valence-corrected chi connectivity index (χ4v) is 5.03. The highest BCUT2D eigenvalue weighted by Crippen LogP contribution is 2.40. The summed E-state index contributed by atoms with van der Waals surface area (Å²) in [5.41, 5.74) is 3.21. The van der Waals surface area contributed by atoms with E-state index in [1.54, 1.807) is 20.5 Å². The van der Waals surface area contributed by atoms with Gasteiger partial charge < -0.3 is 0 Å². The Bertz CT molecular complexity index is 594. The molecule has 0 bridgehead atoms. The highest BCUT2D eigenvalue weighted by Gasteiger charge is 2.15. The highest BCUT2D eigenvalue weighted by molar-refractivity contribution is 7.19. The van der Waals surface area contributed by atoms with Gasteiger partial charge in [0.2, 0.25) is 0 Å². The molecule has 0 saturated carbocycles. The molecule has 0 aliphatic rings. The van der Waals surface area contributed by atoms with Crippen LogP contribution in [0.1, 0.15) is 50.7 Å². The van der Waals surface area contributed by atoms with Crippen LogP contribution in [0.5, 0.6) is 0 Å². The first-order valence-corrected chi connectivity index (χ1v) is 9.50. The summed E-state index contributed by atoms with van der Waals surface area (Å²) in [4.78, 5) is 0. The average Bonchev–Trinajstić information content (AvgIpc) is 3.11. The number of hydrogen-bond acceptors (Lipinski definition) is 2. The second-order valence-corrected chi connectivity index (χ2v) is 7.32. The molecule has 0 spiro atoms. The summed E-state index contributed by atoms with van der Waals surface area (Å²) in [5, 5.41) is 7.62. The molecule has 0 nitrogen and oxygen atoms in total. The minimum atomic E-state index is 1.23. The van der Waals surface area contributed by atoms with Crippen molar-refractivity contribution in [3.05, 3.63) is 34.0 Å². The van der Waals surface area contributed by atoms with Crippen LogP contribution in [-0.4, -0.2) is 0 Å². The molecule has 20 heavy (non-hydrogen) atoms. The van der Waals surface area contributed by atoms with Crippen molar-refractivity contribution in [2.75, 3.05) is 0 Å². The molecule has 1 aromatic carbocycles. The van der Waals surface area contributed by atoms with Gasteiger partial charge in [0.1, 0.15) is 0 Å². The van der Waals surface area contributed by atoms with E-state index < -0.39 is 0 Å². The summed E-state index contributed by atoms with van der Waals surface area (Å²) in [6, 6.07) is 4.69. The highest BCUT2D eigenvalue weighted by atomic mass is 32.1. The van der Waals surface area contributed by atoms with E-state index in [9.17, 15) is 0 Å². The molecule has 0 saturated heterocycles. The first-order valence-electron chi connectivity index (χ1n) is 7.74. The lowest BCUT2D eigenvalue weighted by molar-refractivity contribution is 0.799. The maximum Gasteiger partial charge on any atom is 0.0384 e. The van der Waals surface area contributed by atoms with Gasteiger partial charge >= 0.3 is 0 Å².